The van der Waals surface area contributed by atoms with Crippen molar-refractivity contribution < 1.29 is 22.7 Å². The summed E-state index contributed by atoms with van der Waals surface area (Å²) in [5, 5.41) is 2.40. The first kappa shape index (κ1) is 17.9. The summed E-state index contributed by atoms with van der Waals surface area (Å²) in [6, 6.07) is 4.36. The fourth-order valence-electron chi connectivity index (χ4n) is 2.66. The van der Waals surface area contributed by atoms with E-state index in [2.05, 4.69) is 15.3 Å². The molecule has 0 saturated carbocycles. The summed E-state index contributed by atoms with van der Waals surface area (Å²) in [6.45, 7) is 1.91. The Labute approximate surface area is 146 Å². The molecule has 3 N–H and O–H groups in total. The van der Waals surface area contributed by atoms with Crippen molar-refractivity contribution in [1.82, 2.24) is 4.98 Å². The normalized spacial score (nSPS) is 19.8. The molecule has 1 aliphatic rings. The van der Waals surface area contributed by atoms with Gasteiger partial charge in [0.2, 0.25) is 0 Å². The maximum atomic E-state index is 14.3. The number of carbonyl (C=O) groups is 1. The average Bonchev–Trinajstić information content (AvgIpc) is 2.56. The van der Waals surface area contributed by atoms with Crippen molar-refractivity contribution in [3.05, 3.63) is 59.2 Å². The molecule has 1 amide bonds. The lowest BCUT2D eigenvalue weighted by Crippen LogP contribution is -2.38. The number of hydrogen-bond acceptors (Lipinski definition) is 5. The van der Waals surface area contributed by atoms with Crippen molar-refractivity contribution in [3.8, 4) is 0 Å². The molecule has 0 spiro atoms. The number of aromatic nitrogens is 1. The highest BCUT2D eigenvalue weighted by Crippen LogP contribution is 2.32. The molecule has 2 heterocycles. The first-order valence-corrected chi connectivity index (χ1v) is 7.63. The molecule has 3 rings (SSSR count). The van der Waals surface area contributed by atoms with Crippen LogP contribution < -0.4 is 11.1 Å². The minimum atomic E-state index is -1.10. The second-order valence-corrected chi connectivity index (χ2v) is 6.00. The molecule has 1 aromatic carbocycles. The molecule has 0 saturated heterocycles. The van der Waals surface area contributed by atoms with Crippen molar-refractivity contribution in [2.24, 2.45) is 10.7 Å². The number of halogens is 3. The number of nitrogens with zero attached hydrogens (tertiary/aromatic N) is 2. The van der Waals surface area contributed by atoms with Crippen LogP contribution in [-0.2, 0) is 10.3 Å². The lowest BCUT2D eigenvalue weighted by molar-refractivity contribution is 0.101. The first-order chi connectivity index (χ1) is 12.3. The second kappa shape index (κ2) is 6.75. The van der Waals surface area contributed by atoms with Crippen LogP contribution >= 0.6 is 0 Å². The van der Waals surface area contributed by atoms with Gasteiger partial charge in [-0.3, -0.25) is 9.79 Å². The molecule has 0 aliphatic carbocycles. The zero-order valence-electron chi connectivity index (χ0n) is 13.7. The Morgan fingerprint density at radius 3 is 2.73 bits per heavy atom. The first-order valence-electron chi connectivity index (χ1n) is 7.63. The molecular formula is C17H15F3N4O2. The van der Waals surface area contributed by atoms with Crippen LogP contribution in [0.3, 0.4) is 0 Å². The summed E-state index contributed by atoms with van der Waals surface area (Å²) in [6.07, 6.45) is 0.728. The van der Waals surface area contributed by atoms with E-state index >= 15 is 0 Å². The van der Waals surface area contributed by atoms with Gasteiger partial charge in [0.05, 0.1) is 12.8 Å². The van der Waals surface area contributed by atoms with E-state index in [0.717, 1.165) is 12.3 Å². The summed E-state index contributed by atoms with van der Waals surface area (Å²) < 4.78 is 46.2. The molecule has 26 heavy (non-hydrogen) atoms. The van der Waals surface area contributed by atoms with Crippen LogP contribution in [0.15, 0.2) is 35.5 Å². The molecule has 1 aromatic heterocycles. The van der Waals surface area contributed by atoms with Crippen molar-refractivity contribution in [1.29, 1.82) is 0 Å². The summed E-state index contributed by atoms with van der Waals surface area (Å²) >= 11 is 0. The number of nitrogens with one attached hydrogen (secondary N) is 1. The third-order valence-corrected chi connectivity index (χ3v) is 3.85. The quantitative estimate of drug-likeness (QED) is 0.875. The maximum absolute atomic E-state index is 14.3. The van der Waals surface area contributed by atoms with E-state index in [4.69, 9.17) is 10.5 Å². The van der Waals surface area contributed by atoms with Crippen LogP contribution in [0.5, 0.6) is 0 Å². The van der Waals surface area contributed by atoms with Gasteiger partial charge in [-0.15, -0.1) is 0 Å². The van der Waals surface area contributed by atoms with E-state index in [-0.39, 0.29) is 30.3 Å². The van der Waals surface area contributed by atoms with Crippen molar-refractivity contribution in [2.45, 2.75) is 12.5 Å². The number of ether oxygens (including phenoxy) is 1. The maximum Gasteiger partial charge on any atom is 0.277 e. The summed E-state index contributed by atoms with van der Waals surface area (Å²) in [5.74, 6) is -3.23. The highest BCUT2D eigenvalue weighted by molar-refractivity contribution is 6.03. The Morgan fingerprint density at radius 2 is 2.04 bits per heavy atom. The lowest BCUT2D eigenvalue weighted by Gasteiger charge is -2.30. The van der Waals surface area contributed by atoms with Gasteiger partial charge in [-0.25, -0.2) is 18.2 Å². The van der Waals surface area contributed by atoms with E-state index in [0.29, 0.717) is 6.07 Å². The summed E-state index contributed by atoms with van der Waals surface area (Å²) in [5.41, 5.74) is 4.38. The SMILES string of the molecule is C[C@@]1(c2cc(NC(=O)c3ncc(F)cc3F)ccc2F)COCC(N)=N1. The fraction of sp³-hybridized carbons (Fsp3) is 0.235. The van der Waals surface area contributed by atoms with E-state index in [1.165, 1.54) is 12.1 Å². The predicted molar refractivity (Wildman–Crippen MR) is 88.3 cm³/mol. The Bertz CT molecular complexity index is 904. The van der Waals surface area contributed by atoms with Gasteiger partial charge in [0.15, 0.2) is 11.5 Å². The zero-order valence-corrected chi connectivity index (χ0v) is 13.7. The van der Waals surface area contributed by atoms with Gasteiger partial charge in [-0.1, -0.05) is 0 Å². The molecule has 136 valence electrons. The highest BCUT2D eigenvalue weighted by atomic mass is 19.1. The number of amides is 1. The standard InChI is InChI=1S/C17H15F3N4O2/c1-17(8-26-7-14(21)24-17)11-5-10(2-3-12(11)19)23-16(25)15-13(20)4-9(18)6-22-15/h2-6H,7-8H2,1H3,(H2,21,24)(H,23,25)/t17-/m0/s1. The minimum absolute atomic E-state index is 0.107. The van der Waals surface area contributed by atoms with Crippen LogP contribution in [0.4, 0.5) is 18.9 Å². The minimum Gasteiger partial charge on any atom is -0.386 e. The summed E-state index contributed by atoms with van der Waals surface area (Å²) in [4.78, 5) is 19.8. The molecular weight excluding hydrogens is 349 g/mol. The molecule has 1 aliphatic heterocycles. The Balaban J connectivity index is 1.90. The van der Waals surface area contributed by atoms with Crippen molar-refractivity contribution in [3.63, 3.8) is 0 Å². The van der Waals surface area contributed by atoms with E-state index in [1.54, 1.807) is 6.92 Å². The smallest absolute Gasteiger partial charge is 0.277 e. The van der Waals surface area contributed by atoms with Gasteiger partial charge >= 0.3 is 0 Å². The molecule has 2 aromatic rings. The molecule has 0 bridgehead atoms. The Morgan fingerprint density at radius 1 is 1.27 bits per heavy atom. The number of anilines is 1. The number of hydrogen-bond donors (Lipinski definition) is 2. The predicted octanol–water partition coefficient (Wildman–Crippen LogP) is 2.35. The third-order valence-electron chi connectivity index (χ3n) is 3.85. The van der Waals surface area contributed by atoms with Gasteiger partial charge in [-0.05, 0) is 25.1 Å². The Kier molecular flexibility index (Phi) is 4.64. The monoisotopic (exact) mass is 364 g/mol. The number of amidine groups is 1. The molecule has 1 atom stereocenters. The van der Waals surface area contributed by atoms with Crippen LogP contribution in [0.2, 0.25) is 0 Å². The molecule has 0 unspecified atom stereocenters. The second-order valence-electron chi connectivity index (χ2n) is 6.00. The molecule has 6 nitrogen and oxygen atoms in total. The van der Waals surface area contributed by atoms with Gasteiger partial charge in [0.25, 0.3) is 5.91 Å². The van der Waals surface area contributed by atoms with Gasteiger partial charge < -0.3 is 15.8 Å². The van der Waals surface area contributed by atoms with E-state index in [9.17, 15) is 18.0 Å². The van der Waals surface area contributed by atoms with Gasteiger partial charge in [0, 0.05) is 17.3 Å². The highest BCUT2D eigenvalue weighted by Gasteiger charge is 2.33. The number of benzene rings is 1. The van der Waals surface area contributed by atoms with Crippen molar-refractivity contribution in [2.75, 3.05) is 18.5 Å². The summed E-state index contributed by atoms with van der Waals surface area (Å²) in [7, 11) is 0. The number of nitrogens with two attached hydrogens (primary N) is 1. The van der Waals surface area contributed by atoms with Gasteiger partial charge in [-0.2, -0.15) is 0 Å². The third kappa shape index (κ3) is 3.52. The van der Waals surface area contributed by atoms with E-state index < -0.39 is 34.6 Å². The molecule has 0 fully saturated rings. The fourth-order valence-corrected chi connectivity index (χ4v) is 2.66. The van der Waals surface area contributed by atoms with Crippen LogP contribution in [0.1, 0.15) is 23.0 Å². The number of rotatable bonds is 3. The van der Waals surface area contributed by atoms with Crippen molar-refractivity contribution >= 4 is 17.4 Å². The van der Waals surface area contributed by atoms with Crippen LogP contribution in [0, 0.1) is 17.5 Å². The largest absolute Gasteiger partial charge is 0.386 e. The molecule has 0 radical (unpaired) electrons. The van der Waals surface area contributed by atoms with Crippen LogP contribution in [0.25, 0.3) is 0 Å². The number of pyridine rings is 1. The number of carbonyl (C=O) groups excluding carboxylic acids is 1. The van der Waals surface area contributed by atoms with Crippen LogP contribution in [-0.4, -0.2) is 29.9 Å². The van der Waals surface area contributed by atoms with Gasteiger partial charge in [0.1, 0.15) is 29.6 Å². The zero-order chi connectivity index (χ0) is 18.9. The lowest BCUT2D eigenvalue weighted by atomic mass is 9.92. The average molecular weight is 364 g/mol. The molecule has 9 heteroatoms. The topological polar surface area (TPSA) is 89.6 Å². The van der Waals surface area contributed by atoms with E-state index in [1.807, 2.05) is 0 Å². The Hall–Kier alpha value is -2.94. The number of aliphatic imine (C=N–C) groups is 1.